The van der Waals surface area contributed by atoms with Crippen molar-refractivity contribution < 1.29 is 24.4 Å². The summed E-state index contributed by atoms with van der Waals surface area (Å²) in [5.41, 5.74) is 3.50. The number of aliphatic hydroxyl groups excluding tert-OH is 1. The topological polar surface area (TPSA) is 84.5 Å². The van der Waals surface area contributed by atoms with Crippen LogP contribution in [-0.4, -0.2) is 34.0 Å². The lowest BCUT2D eigenvalue weighted by Gasteiger charge is -2.45. The number of carbonyl (C=O) groups is 2. The number of rotatable bonds is 5. The number of pyridine rings is 1. The summed E-state index contributed by atoms with van der Waals surface area (Å²) in [6.07, 6.45) is 1.63. The Balaban J connectivity index is 1.44. The highest BCUT2D eigenvalue weighted by atomic mass is 16.4. The molecule has 1 N–H and O–H groups in total. The van der Waals surface area contributed by atoms with E-state index in [2.05, 4.69) is 22.8 Å². The standard InChI is InChI=1S/C25H22N2O4/c1-15(28)22-21-13-19(23(25(30)31)27(21)24(22)29)17-10-8-16(9-11-17)14-26-12-4-6-18-5-2-3-7-20(18)26/h2-12,15,21-22,28H,13-14H2,1H3/t15-,21-,22-/m1/s1. The van der Waals surface area contributed by atoms with Crippen molar-refractivity contribution in [3.05, 3.63) is 83.7 Å². The normalized spacial score (nSPS) is 21.2. The van der Waals surface area contributed by atoms with Crippen molar-refractivity contribution in [2.24, 2.45) is 5.92 Å². The van der Waals surface area contributed by atoms with Crippen molar-refractivity contribution in [2.45, 2.75) is 32.0 Å². The first-order chi connectivity index (χ1) is 15.0. The van der Waals surface area contributed by atoms with Crippen LogP contribution in [0.5, 0.6) is 0 Å². The van der Waals surface area contributed by atoms with Gasteiger partial charge in [0.2, 0.25) is 11.4 Å². The van der Waals surface area contributed by atoms with Gasteiger partial charge in [0.15, 0.2) is 12.7 Å². The van der Waals surface area contributed by atoms with Crippen LogP contribution < -0.4 is 9.67 Å². The Morgan fingerprint density at radius 2 is 1.87 bits per heavy atom. The molecule has 5 rings (SSSR count). The van der Waals surface area contributed by atoms with E-state index in [4.69, 9.17) is 0 Å². The number of aromatic nitrogens is 1. The molecule has 3 atom stereocenters. The number of benzene rings is 2. The zero-order valence-corrected chi connectivity index (χ0v) is 17.1. The third-order valence-electron chi connectivity index (χ3n) is 6.37. The van der Waals surface area contributed by atoms with Crippen LogP contribution in [0, 0.1) is 5.92 Å². The van der Waals surface area contributed by atoms with Crippen molar-refractivity contribution in [3.63, 3.8) is 0 Å². The quantitative estimate of drug-likeness (QED) is 0.503. The zero-order valence-electron chi connectivity index (χ0n) is 17.1. The van der Waals surface area contributed by atoms with E-state index in [0.29, 0.717) is 18.5 Å². The molecular formula is C25H22N2O4. The van der Waals surface area contributed by atoms with E-state index < -0.39 is 18.0 Å². The molecule has 0 spiro atoms. The second-order valence-electron chi connectivity index (χ2n) is 8.25. The van der Waals surface area contributed by atoms with Crippen LogP contribution in [0.2, 0.25) is 0 Å². The Bertz CT molecular complexity index is 1220. The van der Waals surface area contributed by atoms with E-state index in [1.165, 1.54) is 4.90 Å². The number of nitrogens with zero attached hydrogens (tertiary/aromatic N) is 2. The number of fused-ring (bicyclic) bond motifs is 2. The molecule has 1 saturated heterocycles. The first kappa shape index (κ1) is 19.5. The first-order valence-electron chi connectivity index (χ1n) is 10.4. The average molecular weight is 414 g/mol. The minimum atomic E-state index is -1.36. The molecule has 3 aromatic rings. The molecule has 6 nitrogen and oxygen atoms in total. The monoisotopic (exact) mass is 414 g/mol. The van der Waals surface area contributed by atoms with Crippen LogP contribution in [0.25, 0.3) is 16.5 Å². The maximum absolute atomic E-state index is 12.4. The number of amides is 1. The van der Waals surface area contributed by atoms with Crippen LogP contribution in [0.15, 0.2) is 72.6 Å². The van der Waals surface area contributed by atoms with E-state index in [1.54, 1.807) is 6.92 Å². The average Bonchev–Trinajstić information content (AvgIpc) is 3.09. The molecule has 31 heavy (non-hydrogen) atoms. The molecule has 156 valence electrons. The molecule has 0 radical (unpaired) electrons. The predicted octanol–water partition coefficient (Wildman–Crippen LogP) is 1.25. The Morgan fingerprint density at radius 1 is 1.16 bits per heavy atom. The van der Waals surface area contributed by atoms with Gasteiger partial charge in [-0.05, 0) is 36.6 Å². The summed E-state index contributed by atoms with van der Waals surface area (Å²) in [6.45, 7) is 2.25. The summed E-state index contributed by atoms with van der Waals surface area (Å²) < 4.78 is 2.17. The van der Waals surface area contributed by atoms with Gasteiger partial charge in [-0.15, -0.1) is 0 Å². The number of β-lactam (4-membered cyclic amide) rings is 1. The van der Waals surface area contributed by atoms with Gasteiger partial charge in [-0.25, -0.2) is 0 Å². The van der Waals surface area contributed by atoms with Gasteiger partial charge < -0.3 is 19.9 Å². The van der Waals surface area contributed by atoms with E-state index in [1.807, 2.05) is 48.7 Å². The molecule has 1 aromatic heterocycles. The maximum atomic E-state index is 12.4. The van der Waals surface area contributed by atoms with Crippen LogP contribution in [-0.2, 0) is 16.1 Å². The number of hydrogen-bond acceptors (Lipinski definition) is 4. The smallest absolute Gasteiger partial charge is 0.235 e. The van der Waals surface area contributed by atoms with E-state index >= 15 is 0 Å². The molecule has 0 aliphatic carbocycles. The highest BCUT2D eigenvalue weighted by Crippen LogP contribution is 2.46. The highest BCUT2D eigenvalue weighted by Gasteiger charge is 2.55. The Kier molecular flexibility index (Phi) is 4.59. The lowest BCUT2D eigenvalue weighted by molar-refractivity contribution is -0.662. The summed E-state index contributed by atoms with van der Waals surface area (Å²) >= 11 is 0. The predicted molar refractivity (Wildman–Crippen MR) is 112 cm³/mol. The van der Waals surface area contributed by atoms with E-state index in [9.17, 15) is 19.8 Å². The Morgan fingerprint density at radius 3 is 2.58 bits per heavy atom. The summed E-state index contributed by atoms with van der Waals surface area (Å²) in [5, 5.41) is 22.9. The third kappa shape index (κ3) is 3.11. The highest BCUT2D eigenvalue weighted by molar-refractivity contribution is 6.05. The number of aliphatic hydroxyl groups is 1. The molecule has 2 aliphatic rings. The second kappa shape index (κ2) is 7.32. The Labute approximate surface area is 179 Å². The summed E-state index contributed by atoms with van der Waals surface area (Å²) in [5.74, 6) is -2.27. The van der Waals surface area contributed by atoms with Crippen molar-refractivity contribution in [1.82, 2.24) is 4.90 Å². The molecule has 3 heterocycles. The van der Waals surface area contributed by atoms with Gasteiger partial charge in [-0.3, -0.25) is 4.79 Å². The minimum absolute atomic E-state index is 0.0666. The van der Waals surface area contributed by atoms with Crippen molar-refractivity contribution in [2.75, 3.05) is 0 Å². The van der Waals surface area contributed by atoms with Gasteiger partial charge in [0.1, 0.15) is 0 Å². The summed E-state index contributed by atoms with van der Waals surface area (Å²) in [4.78, 5) is 25.5. The van der Waals surface area contributed by atoms with Crippen molar-refractivity contribution in [1.29, 1.82) is 0 Å². The van der Waals surface area contributed by atoms with Crippen LogP contribution in [0.4, 0.5) is 0 Å². The lowest BCUT2D eigenvalue weighted by atomic mass is 9.82. The number of carboxylic acids is 1. The number of aliphatic carboxylic acids is 1. The largest absolute Gasteiger partial charge is 0.543 e. The molecule has 1 amide bonds. The van der Waals surface area contributed by atoms with Gasteiger partial charge in [-0.2, -0.15) is 4.57 Å². The van der Waals surface area contributed by atoms with Crippen LogP contribution in [0.1, 0.15) is 24.5 Å². The maximum Gasteiger partial charge on any atom is 0.235 e. The number of para-hydroxylation sites is 1. The van der Waals surface area contributed by atoms with Gasteiger partial charge in [0.05, 0.1) is 29.7 Å². The van der Waals surface area contributed by atoms with Crippen LogP contribution in [0.3, 0.4) is 0 Å². The summed E-state index contributed by atoms with van der Waals surface area (Å²) in [7, 11) is 0. The number of carboxylic acid groups (broad SMARTS) is 1. The van der Waals surface area contributed by atoms with Crippen molar-refractivity contribution >= 4 is 28.4 Å². The minimum Gasteiger partial charge on any atom is -0.543 e. The fourth-order valence-corrected chi connectivity index (χ4v) is 4.88. The van der Waals surface area contributed by atoms with Gasteiger partial charge in [0, 0.05) is 23.1 Å². The van der Waals surface area contributed by atoms with E-state index in [-0.39, 0.29) is 17.6 Å². The van der Waals surface area contributed by atoms with Crippen molar-refractivity contribution in [3.8, 4) is 0 Å². The fourth-order valence-electron chi connectivity index (χ4n) is 4.88. The number of hydrogen-bond donors (Lipinski definition) is 1. The fraction of sp³-hybridized carbons (Fsp3) is 0.240. The number of carbonyl (C=O) groups excluding carboxylic acids is 2. The molecular weight excluding hydrogens is 392 g/mol. The molecule has 6 heteroatoms. The lowest BCUT2D eigenvalue weighted by Crippen LogP contribution is -2.62. The SMILES string of the molecule is C[C@@H](O)[C@H]1C(=O)N2C(C(=O)[O-])=C(c3ccc(C[n+]4cccc5ccccc54)cc3)C[C@H]12. The third-order valence-corrected chi connectivity index (χ3v) is 6.37. The summed E-state index contributed by atoms with van der Waals surface area (Å²) in [6, 6.07) is 19.7. The second-order valence-corrected chi connectivity index (χ2v) is 8.25. The molecule has 2 aliphatic heterocycles. The van der Waals surface area contributed by atoms with Gasteiger partial charge >= 0.3 is 0 Å². The Hall–Kier alpha value is -3.51. The molecule has 0 unspecified atom stereocenters. The molecule has 0 saturated carbocycles. The van der Waals surface area contributed by atoms with Gasteiger partial charge in [-0.1, -0.05) is 36.4 Å². The molecule has 2 aromatic carbocycles. The van der Waals surface area contributed by atoms with E-state index in [0.717, 1.165) is 22.0 Å². The zero-order chi connectivity index (χ0) is 21.7. The van der Waals surface area contributed by atoms with Crippen LogP contribution >= 0.6 is 0 Å². The molecule has 1 fully saturated rings. The molecule has 0 bridgehead atoms. The first-order valence-corrected chi connectivity index (χ1v) is 10.4. The van der Waals surface area contributed by atoms with Gasteiger partial charge in [0.25, 0.3) is 0 Å².